The van der Waals surface area contributed by atoms with Crippen molar-refractivity contribution in [3.63, 3.8) is 0 Å². The Balaban J connectivity index is 4.67. The van der Waals surface area contributed by atoms with Crippen molar-refractivity contribution in [1.29, 1.82) is 0 Å². The maximum absolute atomic E-state index is 6.40. The van der Waals surface area contributed by atoms with Crippen LogP contribution in [0.3, 0.4) is 0 Å². The third kappa shape index (κ3) is 4.84. The number of ether oxygens (including phenoxy) is 1. The number of nitrogens with zero attached hydrogens (tertiary/aromatic N) is 1. The first-order chi connectivity index (χ1) is 7.34. The molecule has 0 radical (unpaired) electrons. The van der Waals surface area contributed by atoms with Crippen LogP contribution in [0.15, 0.2) is 0 Å². The van der Waals surface area contributed by atoms with Crippen LogP contribution in [-0.2, 0) is 4.74 Å². The zero-order valence-electron chi connectivity index (χ0n) is 12.4. The van der Waals surface area contributed by atoms with Gasteiger partial charge in [0.25, 0.3) is 0 Å². The largest absolute Gasteiger partial charge is 0.368 e. The van der Waals surface area contributed by atoms with E-state index in [-0.39, 0.29) is 11.2 Å². The third-order valence-electron chi connectivity index (χ3n) is 3.73. The number of hydrogen-bond donors (Lipinski definition) is 0. The molecule has 0 amide bonds. The van der Waals surface area contributed by atoms with Crippen molar-refractivity contribution in [2.24, 2.45) is 0 Å². The van der Waals surface area contributed by atoms with Crippen molar-refractivity contribution in [2.45, 2.75) is 72.0 Å². The predicted octanol–water partition coefficient (Wildman–Crippen LogP) is 3.70. The molecule has 0 unspecified atom stereocenters. The summed E-state index contributed by atoms with van der Waals surface area (Å²) in [6.45, 7) is 15.4. The van der Waals surface area contributed by atoms with Gasteiger partial charge in [0, 0.05) is 6.54 Å². The Morgan fingerprint density at radius 3 is 1.75 bits per heavy atom. The van der Waals surface area contributed by atoms with E-state index in [1.807, 2.05) is 0 Å². The summed E-state index contributed by atoms with van der Waals surface area (Å²) in [5.74, 6) is 0. The summed E-state index contributed by atoms with van der Waals surface area (Å²) in [7, 11) is 2.17. The van der Waals surface area contributed by atoms with E-state index in [1.54, 1.807) is 0 Å². The monoisotopic (exact) mass is 229 g/mol. The molecule has 0 rings (SSSR count). The van der Waals surface area contributed by atoms with Crippen LogP contribution in [0.25, 0.3) is 0 Å². The zero-order chi connectivity index (χ0) is 12.8. The number of likely N-dealkylation sites (N-methyl/N-ethyl adjacent to an activating group) is 1. The first kappa shape index (κ1) is 15.9. The average molecular weight is 229 g/mol. The molecule has 0 N–H and O–H groups in total. The van der Waals surface area contributed by atoms with Gasteiger partial charge in [-0.3, -0.25) is 0 Å². The first-order valence-electron chi connectivity index (χ1n) is 6.73. The summed E-state index contributed by atoms with van der Waals surface area (Å²) in [5, 5.41) is 0. The smallest absolute Gasteiger partial charge is 0.0810 e. The lowest BCUT2D eigenvalue weighted by Gasteiger charge is -2.42. The molecule has 0 spiro atoms. The van der Waals surface area contributed by atoms with Gasteiger partial charge in [0.05, 0.1) is 11.2 Å². The molecule has 2 heteroatoms. The van der Waals surface area contributed by atoms with E-state index >= 15 is 0 Å². The van der Waals surface area contributed by atoms with E-state index in [1.165, 1.54) is 0 Å². The minimum Gasteiger partial charge on any atom is -0.368 e. The second-order valence-corrected chi connectivity index (χ2v) is 5.44. The topological polar surface area (TPSA) is 12.5 Å². The van der Waals surface area contributed by atoms with Crippen LogP contribution in [0.2, 0.25) is 0 Å². The molecule has 0 aromatic rings. The Hall–Kier alpha value is -0.0800. The molecule has 0 saturated carbocycles. The van der Waals surface area contributed by atoms with Gasteiger partial charge < -0.3 is 9.64 Å². The molecule has 0 bridgehead atoms. The minimum atomic E-state index is -0.0133. The molecule has 0 aromatic carbocycles. The van der Waals surface area contributed by atoms with Crippen LogP contribution >= 0.6 is 0 Å². The highest BCUT2D eigenvalue weighted by atomic mass is 16.5. The predicted molar refractivity (Wildman–Crippen MR) is 71.9 cm³/mol. The van der Waals surface area contributed by atoms with E-state index in [0.717, 1.165) is 32.4 Å². The molecule has 98 valence electrons. The Labute approximate surface area is 102 Å². The molecule has 0 saturated heterocycles. The minimum absolute atomic E-state index is 0.0133. The molecule has 0 aliphatic heterocycles. The SMILES string of the molecule is CCN(C)CC(CC)(CC)OC(C)(C)CC. The van der Waals surface area contributed by atoms with Gasteiger partial charge in [-0.05, 0) is 46.7 Å². The lowest BCUT2D eigenvalue weighted by Crippen LogP contribution is -2.48. The lowest BCUT2D eigenvalue weighted by molar-refractivity contribution is -0.154. The van der Waals surface area contributed by atoms with Gasteiger partial charge >= 0.3 is 0 Å². The Bertz CT molecular complexity index is 185. The molecule has 0 fully saturated rings. The van der Waals surface area contributed by atoms with Gasteiger partial charge in [-0.2, -0.15) is 0 Å². The van der Waals surface area contributed by atoms with Crippen molar-refractivity contribution >= 4 is 0 Å². The van der Waals surface area contributed by atoms with Crippen LogP contribution in [0.5, 0.6) is 0 Å². The number of rotatable bonds is 8. The third-order valence-corrected chi connectivity index (χ3v) is 3.73. The summed E-state index contributed by atoms with van der Waals surface area (Å²) in [4.78, 5) is 2.35. The van der Waals surface area contributed by atoms with E-state index in [4.69, 9.17) is 4.74 Å². The highest BCUT2D eigenvalue weighted by Crippen LogP contribution is 2.29. The van der Waals surface area contributed by atoms with Gasteiger partial charge in [-0.15, -0.1) is 0 Å². The lowest BCUT2D eigenvalue weighted by atomic mass is 9.94. The average Bonchev–Trinajstić information content (AvgIpc) is 2.27. The van der Waals surface area contributed by atoms with Crippen LogP contribution < -0.4 is 0 Å². The van der Waals surface area contributed by atoms with Crippen LogP contribution in [0.4, 0.5) is 0 Å². The highest BCUT2D eigenvalue weighted by Gasteiger charge is 2.34. The summed E-state index contributed by atoms with van der Waals surface area (Å²) in [6, 6.07) is 0. The maximum Gasteiger partial charge on any atom is 0.0810 e. The quantitative estimate of drug-likeness (QED) is 0.629. The molecule has 2 nitrogen and oxygen atoms in total. The summed E-state index contributed by atoms with van der Waals surface area (Å²) >= 11 is 0. The molecule has 0 aliphatic rings. The zero-order valence-corrected chi connectivity index (χ0v) is 12.4. The van der Waals surface area contributed by atoms with Crippen LogP contribution in [0.1, 0.15) is 60.8 Å². The molecular weight excluding hydrogens is 198 g/mol. The van der Waals surface area contributed by atoms with Crippen molar-refractivity contribution in [2.75, 3.05) is 20.1 Å². The van der Waals surface area contributed by atoms with Gasteiger partial charge in [-0.25, -0.2) is 0 Å². The summed E-state index contributed by atoms with van der Waals surface area (Å²) < 4.78 is 6.40. The molecule has 0 aromatic heterocycles. The molecule has 0 heterocycles. The maximum atomic E-state index is 6.40. The second-order valence-electron chi connectivity index (χ2n) is 5.44. The fourth-order valence-corrected chi connectivity index (χ4v) is 1.91. The molecule has 16 heavy (non-hydrogen) atoms. The van der Waals surface area contributed by atoms with E-state index in [0.29, 0.717) is 0 Å². The standard InChI is InChI=1S/C14H31NO/c1-8-13(5,6)16-14(9-2,10-3)12-15(7)11-4/h8-12H2,1-7H3. The first-order valence-corrected chi connectivity index (χ1v) is 6.73. The van der Waals surface area contributed by atoms with Gasteiger partial charge in [-0.1, -0.05) is 27.7 Å². The van der Waals surface area contributed by atoms with E-state index < -0.39 is 0 Å². The van der Waals surface area contributed by atoms with Crippen molar-refractivity contribution < 1.29 is 4.74 Å². The Morgan fingerprint density at radius 1 is 0.938 bits per heavy atom. The van der Waals surface area contributed by atoms with Crippen LogP contribution in [-0.4, -0.2) is 36.2 Å². The summed E-state index contributed by atoms with van der Waals surface area (Å²) in [6.07, 6.45) is 3.22. The highest BCUT2D eigenvalue weighted by molar-refractivity contribution is 4.85. The van der Waals surface area contributed by atoms with Gasteiger partial charge in [0.2, 0.25) is 0 Å². The summed E-state index contributed by atoms with van der Waals surface area (Å²) in [5.41, 5.74) is 0.00483. The molecular formula is C14H31NO. The van der Waals surface area contributed by atoms with Gasteiger partial charge in [0.15, 0.2) is 0 Å². The van der Waals surface area contributed by atoms with Crippen LogP contribution in [0, 0.1) is 0 Å². The van der Waals surface area contributed by atoms with Crippen molar-refractivity contribution in [3.8, 4) is 0 Å². The normalized spacial score (nSPS) is 13.5. The van der Waals surface area contributed by atoms with E-state index in [2.05, 4.69) is 53.5 Å². The van der Waals surface area contributed by atoms with E-state index in [9.17, 15) is 0 Å². The second kappa shape index (κ2) is 6.61. The van der Waals surface area contributed by atoms with Gasteiger partial charge in [0.1, 0.15) is 0 Å². The Morgan fingerprint density at radius 2 is 1.44 bits per heavy atom. The molecule has 0 atom stereocenters. The fourth-order valence-electron chi connectivity index (χ4n) is 1.91. The fraction of sp³-hybridized carbons (Fsp3) is 1.00. The van der Waals surface area contributed by atoms with Crippen molar-refractivity contribution in [1.82, 2.24) is 4.90 Å². The number of hydrogen-bond acceptors (Lipinski definition) is 2. The Kier molecular flexibility index (Phi) is 6.57. The van der Waals surface area contributed by atoms with Crippen molar-refractivity contribution in [3.05, 3.63) is 0 Å². The molecule has 0 aliphatic carbocycles.